The number of hydrogen-bond donors (Lipinski definition) is 2. The molecule has 0 aliphatic carbocycles. The average Bonchev–Trinajstić information content (AvgIpc) is 0.918. The average molecular weight is 183 g/mol. The first kappa shape index (κ1) is 8.87. The van der Waals surface area contributed by atoms with Crippen molar-refractivity contribution in [2.24, 2.45) is 0 Å². The Morgan fingerprint density at radius 2 is 1.25 bits per heavy atom. The molecule has 0 bridgehead atoms. The van der Waals surface area contributed by atoms with Gasteiger partial charge in [-0.3, -0.25) is 0 Å². The third-order valence-electron chi connectivity index (χ3n) is 0. The molecule has 0 aromatic rings. The zero-order valence-corrected chi connectivity index (χ0v) is 6.37. The Hall–Kier alpha value is 0.936. The predicted octanol–water partition coefficient (Wildman–Crippen LogP) is -2.41. The van der Waals surface area contributed by atoms with Crippen LogP contribution in [0.4, 0.5) is 0 Å². The van der Waals surface area contributed by atoms with Crippen LogP contribution >= 0.6 is 0 Å². The normalized spacial score (nSPS) is 4.50. The van der Waals surface area contributed by atoms with E-state index in [1.165, 1.54) is 0 Å². The molecule has 0 rings (SSSR count). The monoisotopic (exact) mass is 184 g/mol. The van der Waals surface area contributed by atoms with Crippen LogP contribution in [0.15, 0.2) is 0 Å². The minimum Gasteiger partial charge on any atom is -0.415 e. The zero-order valence-electron chi connectivity index (χ0n) is 2.10. The van der Waals surface area contributed by atoms with Crippen LogP contribution in [0.5, 0.6) is 0 Å². The van der Waals surface area contributed by atoms with Crippen molar-refractivity contribution in [2.75, 3.05) is 0 Å². The molecule has 0 heterocycles. The minimum atomic E-state index is -1.58. The third kappa shape index (κ3) is 12.6. The van der Waals surface area contributed by atoms with Crippen LogP contribution < -0.4 is 0 Å². The van der Waals surface area contributed by atoms with Crippen molar-refractivity contribution in [1.29, 1.82) is 0 Å². The van der Waals surface area contributed by atoms with Crippen molar-refractivity contribution in [3.05, 3.63) is 0 Å². The van der Waals surface area contributed by atoms with Gasteiger partial charge in [-0.1, -0.05) is 0 Å². The molecule has 0 aromatic carbocycles. The molecular formula is H4O2SiSn. The fourth-order valence-corrected chi connectivity index (χ4v) is 0. The largest absolute Gasteiger partial charge is 0.415 e. The Bertz CT molecular complexity index is 6.00. The molecule has 24 valence electrons. The van der Waals surface area contributed by atoms with Gasteiger partial charge in [0.2, 0.25) is 0 Å². The maximum absolute atomic E-state index is 7.26. The van der Waals surface area contributed by atoms with Gasteiger partial charge in [-0.2, -0.15) is 0 Å². The number of hydrogen-bond acceptors (Lipinski definition) is 2. The Morgan fingerprint density at radius 3 is 1.25 bits per heavy atom. The molecule has 0 atom stereocenters. The summed E-state index contributed by atoms with van der Waals surface area (Å²) < 4.78 is 0. The van der Waals surface area contributed by atoms with Crippen LogP contribution in [0.2, 0.25) is 0 Å². The fraction of sp³-hybridized carbons (Fsp3) is 0. The van der Waals surface area contributed by atoms with Crippen molar-refractivity contribution < 1.29 is 9.59 Å². The van der Waals surface area contributed by atoms with Crippen LogP contribution in [-0.2, 0) is 0 Å². The van der Waals surface area contributed by atoms with Crippen molar-refractivity contribution in [1.82, 2.24) is 0 Å². The van der Waals surface area contributed by atoms with E-state index < -0.39 is 10.0 Å². The van der Waals surface area contributed by atoms with E-state index in [0.29, 0.717) is 0 Å². The molecule has 0 aliphatic rings. The van der Waals surface area contributed by atoms with Gasteiger partial charge in [0.1, 0.15) is 0 Å². The summed E-state index contributed by atoms with van der Waals surface area (Å²) in [4.78, 5) is 14.5. The predicted molar refractivity (Wildman–Crippen MR) is 18.7 cm³/mol. The van der Waals surface area contributed by atoms with Crippen LogP contribution in [0.25, 0.3) is 0 Å². The molecule has 0 amide bonds. The van der Waals surface area contributed by atoms with Gasteiger partial charge >= 0.3 is 0 Å². The van der Waals surface area contributed by atoms with E-state index in [1.54, 1.807) is 0 Å². The van der Waals surface area contributed by atoms with Crippen LogP contribution in [0.3, 0.4) is 0 Å². The van der Waals surface area contributed by atoms with Gasteiger partial charge in [0.05, 0.1) is 0 Å². The molecule has 4 heteroatoms. The van der Waals surface area contributed by atoms with Gasteiger partial charge in [-0.05, 0) is 0 Å². The molecule has 2 nitrogen and oxygen atoms in total. The Kier molecular flexibility index (Phi) is 20.1. The summed E-state index contributed by atoms with van der Waals surface area (Å²) in [5.41, 5.74) is 0. The zero-order chi connectivity index (χ0) is 2.71. The van der Waals surface area contributed by atoms with Gasteiger partial charge in [0, 0.05) is 23.9 Å². The van der Waals surface area contributed by atoms with Crippen molar-refractivity contribution in [3.63, 3.8) is 0 Å². The Labute approximate surface area is 43.9 Å². The van der Waals surface area contributed by atoms with E-state index in [1.807, 2.05) is 0 Å². The molecule has 0 fully saturated rings. The molecule has 0 aliphatic heterocycles. The summed E-state index contributed by atoms with van der Waals surface area (Å²) in [5, 5.41) is 0. The molecule has 0 spiro atoms. The van der Waals surface area contributed by atoms with E-state index in [0.717, 1.165) is 0 Å². The van der Waals surface area contributed by atoms with Gasteiger partial charge in [-0.15, -0.1) is 0 Å². The molecular weight excluding hydrogens is 179 g/mol. The van der Waals surface area contributed by atoms with E-state index in [9.17, 15) is 0 Å². The van der Waals surface area contributed by atoms with E-state index in [4.69, 9.17) is 9.59 Å². The van der Waals surface area contributed by atoms with Crippen molar-refractivity contribution in [3.8, 4) is 0 Å². The molecule has 4 radical (unpaired) electrons. The summed E-state index contributed by atoms with van der Waals surface area (Å²) in [6, 6.07) is 0. The SMILES string of the molecule is O[SiH2]O.[Sn]. The smallest absolute Gasteiger partial charge is 0.299 e. The standard InChI is InChI=1S/H4O2Si.Sn/c1-3-2;/h1-2H,3H2;. The molecule has 0 aromatic heterocycles. The number of rotatable bonds is 0. The second-order valence-corrected chi connectivity index (χ2v) is 0.424. The molecule has 0 saturated carbocycles. The summed E-state index contributed by atoms with van der Waals surface area (Å²) in [6.07, 6.45) is 0. The second-order valence-electron chi connectivity index (χ2n) is 0.141. The van der Waals surface area contributed by atoms with Gasteiger partial charge < -0.3 is 9.59 Å². The van der Waals surface area contributed by atoms with Crippen LogP contribution in [0.1, 0.15) is 0 Å². The van der Waals surface area contributed by atoms with Gasteiger partial charge in [0.25, 0.3) is 10.0 Å². The summed E-state index contributed by atoms with van der Waals surface area (Å²) in [5.74, 6) is 0. The topological polar surface area (TPSA) is 40.5 Å². The Morgan fingerprint density at radius 1 is 1.25 bits per heavy atom. The Balaban J connectivity index is 0. The summed E-state index contributed by atoms with van der Waals surface area (Å²) in [6.45, 7) is 0. The summed E-state index contributed by atoms with van der Waals surface area (Å²) >= 11 is 0. The van der Waals surface area contributed by atoms with Crippen molar-refractivity contribution in [2.45, 2.75) is 0 Å². The first-order chi connectivity index (χ1) is 1.41. The first-order valence-corrected chi connectivity index (χ1v) is 1.90. The van der Waals surface area contributed by atoms with E-state index >= 15 is 0 Å². The first-order valence-electron chi connectivity index (χ1n) is 0.632. The third-order valence-corrected chi connectivity index (χ3v) is 0. The van der Waals surface area contributed by atoms with E-state index in [2.05, 4.69) is 0 Å². The van der Waals surface area contributed by atoms with Crippen LogP contribution in [0, 0.1) is 0 Å². The molecule has 0 unspecified atom stereocenters. The maximum Gasteiger partial charge on any atom is 0.299 e. The van der Waals surface area contributed by atoms with Gasteiger partial charge in [0.15, 0.2) is 0 Å². The molecule has 4 heavy (non-hydrogen) atoms. The summed E-state index contributed by atoms with van der Waals surface area (Å²) in [7, 11) is -1.58. The van der Waals surface area contributed by atoms with E-state index in [-0.39, 0.29) is 23.9 Å². The minimum absolute atomic E-state index is 0. The second kappa shape index (κ2) is 9.05. The quantitative estimate of drug-likeness (QED) is 0.410. The fourth-order valence-electron chi connectivity index (χ4n) is 0. The maximum atomic E-state index is 7.26. The van der Waals surface area contributed by atoms with Gasteiger partial charge in [-0.25, -0.2) is 0 Å². The molecule has 2 N–H and O–H groups in total. The van der Waals surface area contributed by atoms with Crippen LogP contribution in [-0.4, -0.2) is 43.5 Å². The molecule has 0 saturated heterocycles. The van der Waals surface area contributed by atoms with Crippen molar-refractivity contribution >= 4 is 33.9 Å².